The zero-order chi connectivity index (χ0) is 21.5. The summed E-state index contributed by atoms with van der Waals surface area (Å²) in [6.07, 6.45) is 6.97. The molecule has 31 heavy (non-hydrogen) atoms. The summed E-state index contributed by atoms with van der Waals surface area (Å²) in [5.41, 5.74) is 4.71. The third kappa shape index (κ3) is 3.42. The number of fused-ring (bicyclic) bond motifs is 1. The van der Waals surface area contributed by atoms with Crippen LogP contribution in [0.4, 0.5) is 11.4 Å². The second-order valence-corrected chi connectivity index (χ2v) is 8.83. The first-order valence-electron chi connectivity index (χ1n) is 11.3. The lowest BCUT2D eigenvalue weighted by Crippen LogP contribution is -2.29. The smallest absolute Gasteiger partial charge is 0.285 e. The van der Waals surface area contributed by atoms with Crippen molar-refractivity contribution in [3.8, 4) is 0 Å². The van der Waals surface area contributed by atoms with E-state index in [9.17, 15) is 9.59 Å². The molecule has 1 saturated carbocycles. The molecule has 0 spiro atoms. The van der Waals surface area contributed by atoms with Crippen molar-refractivity contribution in [1.82, 2.24) is 14.6 Å². The van der Waals surface area contributed by atoms with E-state index in [1.54, 1.807) is 6.92 Å². The average Bonchev–Trinajstić information content (AvgIpc) is 3.49. The van der Waals surface area contributed by atoms with Crippen molar-refractivity contribution in [2.24, 2.45) is 0 Å². The molecule has 0 bridgehead atoms. The van der Waals surface area contributed by atoms with Crippen LogP contribution in [0.25, 0.3) is 5.65 Å². The van der Waals surface area contributed by atoms with E-state index < -0.39 is 5.91 Å². The number of aromatic nitrogens is 3. The number of amides is 1. The van der Waals surface area contributed by atoms with E-state index in [0.717, 1.165) is 61.4 Å². The van der Waals surface area contributed by atoms with Crippen molar-refractivity contribution < 1.29 is 4.79 Å². The minimum Gasteiger partial charge on any atom is -0.370 e. The molecule has 0 atom stereocenters. The van der Waals surface area contributed by atoms with Crippen molar-refractivity contribution >= 4 is 22.9 Å². The second-order valence-electron chi connectivity index (χ2n) is 8.83. The zero-order valence-electron chi connectivity index (χ0n) is 18.2. The lowest BCUT2D eigenvalue weighted by Gasteiger charge is -2.21. The number of hydrogen-bond donors (Lipinski definition) is 2. The first-order valence-corrected chi connectivity index (χ1v) is 11.3. The van der Waals surface area contributed by atoms with Gasteiger partial charge in [-0.25, -0.2) is 9.50 Å². The van der Waals surface area contributed by atoms with Crippen LogP contribution in [0.1, 0.15) is 71.8 Å². The van der Waals surface area contributed by atoms with Gasteiger partial charge in [-0.1, -0.05) is 25.0 Å². The van der Waals surface area contributed by atoms with Crippen LogP contribution in [-0.4, -0.2) is 33.6 Å². The summed E-state index contributed by atoms with van der Waals surface area (Å²) in [5, 5.41) is 6.15. The van der Waals surface area contributed by atoms with E-state index >= 15 is 0 Å². The largest absolute Gasteiger partial charge is 0.370 e. The molecule has 1 amide bonds. The molecule has 1 saturated heterocycles. The van der Waals surface area contributed by atoms with Gasteiger partial charge in [-0.3, -0.25) is 14.7 Å². The highest BCUT2D eigenvalue weighted by Crippen LogP contribution is 2.37. The van der Waals surface area contributed by atoms with Crippen molar-refractivity contribution in [2.75, 3.05) is 23.3 Å². The standard InChI is InChI=1S/C24H29N5O2/c1-15-21(23(30)26-18-11-5-6-12-19(18)28-13-7-8-14-28)24(31)29-22(25-15)20(16(2)27-29)17-9-3-4-10-17/h5-6,11-12,17,27H,3-4,7-10,13-14H2,1-2H3,(H,26,30). The number of anilines is 2. The number of carbonyl (C=O) groups excluding carboxylic acids is 1. The van der Waals surface area contributed by atoms with Gasteiger partial charge in [-0.2, -0.15) is 0 Å². The summed E-state index contributed by atoms with van der Waals surface area (Å²) in [4.78, 5) is 33.5. The minimum atomic E-state index is -0.411. The topological polar surface area (TPSA) is 82.5 Å². The highest BCUT2D eigenvalue weighted by molar-refractivity contribution is 6.06. The van der Waals surface area contributed by atoms with Crippen LogP contribution in [0.5, 0.6) is 0 Å². The summed E-state index contributed by atoms with van der Waals surface area (Å²) in [6, 6.07) is 7.79. The summed E-state index contributed by atoms with van der Waals surface area (Å²) in [5.74, 6) is 0.0188. The van der Waals surface area contributed by atoms with Gasteiger partial charge < -0.3 is 10.2 Å². The fourth-order valence-electron chi connectivity index (χ4n) is 5.27. The number of nitrogens with one attached hydrogen (secondary N) is 2. The molecule has 1 aromatic carbocycles. The third-order valence-corrected chi connectivity index (χ3v) is 6.78. The molecule has 1 aliphatic carbocycles. The molecule has 2 aliphatic rings. The monoisotopic (exact) mass is 419 g/mol. The van der Waals surface area contributed by atoms with Crippen LogP contribution in [-0.2, 0) is 0 Å². The molecule has 162 valence electrons. The minimum absolute atomic E-state index is 0.0907. The number of aromatic amines is 1. The second kappa shape index (κ2) is 7.87. The summed E-state index contributed by atoms with van der Waals surface area (Å²) in [7, 11) is 0. The van der Waals surface area contributed by atoms with Gasteiger partial charge in [0.2, 0.25) is 0 Å². The number of rotatable bonds is 4. The fraction of sp³-hybridized carbons (Fsp3) is 0.458. The van der Waals surface area contributed by atoms with Crippen LogP contribution >= 0.6 is 0 Å². The Kier molecular flexibility index (Phi) is 5.04. The molecule has 2 aromatic heterocycles. The van der Waals surface area contributed by atoms with Crippen LogP contribution < -0.4 is 15.8 Å². The summed E-state index contributed by atoms with van der Waals surface area (Å²) < 4.78 is 1.46. The Morgan fingerprint density at radius 2 is 1.81 bits per heavy atom. The van der Waals surface area contributed by atoms with Gasteiger partial charge in [-0.05, 0) is 57.6 Å². The van der Waals surface area contributed by atoms with Gasteiger partial charge in [0.15, 0.2) is 5.65 Å². The van der Waals surface area contributed by atoms with Gasteiger partial charge in [0.05, 0.1) is 17.1 Å². The molecule has 5 rings (SSSR count). The number of hydrogen-bond acceptors (Lipinski definition) is 4. The van der Waals surface area contributed by atoms with Gasteiger partial charge in [0, 0.05) is 24.3 Å². The van der Waals surface area contributed by atoms with Gasteiger partial charge in [0.25, 0.3) is 11.5 Å². The highest BCUT2D eigenvalue weighted by atomic mass is 16.2. The summed E-state index contributed by atoms with van der Waals surface area (Å²) >= 11 is 0. The van der Waals surface area contributed by atoms with Gasteiger partial charge in [-0.15, -0.1) is 0 Å². The van der Waals surface area contributed by atoms with E-state index in [0.29, 0.717) is 17.3 Å². The number of benzene rings is 1. The van der Waals surface area contributed by atoms with E-state index in [1.807, 2.05) is 31.2 Å². The lowest BCUT2D eigenvalue weighted by molar-refractivity contribution is 0.102. The SMILES string of the molecule is Cc1nc2c(C3CCCC3)c(C)[nH]n2c(=O)c1C(=O)Nc1ccccc1N1CCCC1. The molecule has 3 heterocycles. The fourth-order valence-corrected chi connectivity index (χ4v) is 5.27. The van der Waals surface area contributed by atoms with Crippen LogP contribution in [0, 0.1) is 13.8 Å². The number of H-pyrrole nitrogens is 1. The Labute approximate surface area is 181 Å². The number of aryl methyl sites for hydroxylation is 2. The molecule has 7 nitrogen and oxygen atoms in total. The molecule has 2 N–H and O–H groups in total. The highest BCUT2D eigenvalue weighted by Gasteiger charge is 2.27. The molecule has 0 unspecified atom stereocenters. The van der Waals surface area contributed by atoms with Crippen LogP contribution in [0.2, 0.25) is 0 Å². The molecular formula is C24H29N5O2. The quantitative estimate of drug-likeness (QED) is 0.666. The Balaban J connectivity index is 1.52. The van der Waals surface area contributed by atoms with E-state index in [-0.39, 0.29) is 11.1 Å². The molecule has 1 aliphatic heterocycles. The van der Waals surface area contributed by atoms with Crippen molar-refractivity contribution in [1.29, 1.82) is 0 Å². The van der Waals surface area contributed by atoms with Crippen molar-refractivity contribution in [3.05, 3.63) is 57.1 Å². The third-order valence-electron chi connectivity index (χ3n) is 6.78. The van der Waals surface area contributed by atoms with Crippen molar-refractivity contribution in [3.63, 3.8) is 0 Å². The van der Waals surface area contributed by atoms with E-state index in [4.69, 9.17) is 4.98 Å². The van der Waals surface area contributed by atoms with Gasteiger partial charge >= 0.3 is 0 Å². The Morgan fingerprint density at radius 3 is 2.55 bits per heavy atom. The van der Waals surface area contributed by atoms with E-state index in [1.165, 1.54) is 17.4 Å². The van der Waals surface area contributed by atoms with Crippen LogP contribution in [0.3, 0.4) is 0 Å². The Bertz CT molecular complexity index is 1200. The number of para-hydroxylation sites is 2. The molecular weight excluding hydrogens is 390 g/mol. The number of nitrogens with zero attached hydrogens (tertiary/aromatic N) is 3. The maximum atomic E-state index is 13.3. The zero-order valence-corrected chi connectivity index (χ0v) is 18.2. The first-order chi connectivity index (χ1) is 15.0. The normalized spacial score (nSPS) is 17.0. The predicted octanol–water partition coefficient (Wildman–Crippen LogP) is 4.15. The first kappa shape index (κ1) is 19.8. The lowest BCUT2D eigenvalue weighted by atomic mass is 9.98. The van der Waals surface area contributed by atoms with E-state index in [2.05, 4.69) is 15.3 Å². The Morgan fingerprint density at radius 1 is 1.10 bits per heavy atom. The molecule has 7 heteroatoms. The summed E-state index contributed by atoms with van der Waals surface area (Å²) in [6.45, 7) is 5.70. The molecule has 0 radical (unpaired) electrons. The maximum Gasteiger partial charge on any atom is 0.285 e. The van der Waals surface area contributed by atoms with Gasteiger partial charge in [0.1, 0.15) is 5.56 Å². The number of carbonyl (C=O) groups is 1. The average molecular weight is 420 g/mol. The van der Waals surface area contributed by atoms with Crippen LogP contribution in [0.15, 0.2) is 29.1 Å². The van der Waals surface area contributed by atoms with Crippen molar-refractivity contribution in [2.45, 2.75) is 58.3 Å². The molecule has 3 aromatic rings. The maximum absolute atomic E-state index is 13.3. The predicted molar refractivity (Wildman–Crippen MR) is 122 cm³/mol. The molecule has 2 fully saturated rings. The Hall–Kier alpha value is -3.09.